The van der Waals surface area contributed by atoms with E-state index >= 15 is 0 Å². The number of amides is 1. The highest BCUT2D eigenvalue weighted by Gasteiger charge is 2.33. The van der Waals surface area contributed by atoms with Crippen molar-refractivity contribution in [2.75, 3.05) is 25.2 Å². The second-order valence-electron chi connectivity index (χ2n) is 9.47. The van der Waals surface area contributed by atoms with E-state index < -0.39 is 9.84 Å². The summed E-state index contributed by atoms with van der Waals surface area (Å²) < 4.78 is 37.4. The number of aromatic nitrogens is 2. The van der Waals surface area contributed by atoms with Crippen molar-refractivity contribution in [1.82, 2.24) is 14.7 Å². The average molecular weight is 462 g/mol. The summed E-state index contributed by atoms with van der Waals surface area (Å²) in [6.07, 6.45) is 1.38. The lowest BCUT2D eigenvalue weighted by atomic mass is 10.0. The molecule has 2 aromatic rings. The van der Waals surface area contributed by atoms with Crippen LogP contribution >= 0.6 is 0 Å². The molecule has 0 unspecified atom stereocenters. The van der Waals surface area contributed by atoms with Crippen LogP contribution in [-0.4, -0.2) is 59.8 Å². The van der Waals surface area contributed by atoms with E-state index in [0.29, 0.717) is 24.5 Å². The first-order valence-corrected chi connectivity index (χ1v) is 12.7. The zero-order chi connectivity index (χ0) is 23.3. The van der Waals surface area contributed by atoms with E-state index in [1.54, 1.807) is 11.9 Å². The van der Waals surface area contributed by atoms with Crippen molar-refractivity contribution in [3.8, 4) is 11.5 Å². The van der Waals surface area contributed by atoms with E-state index in [1.165, 1.54) is 0 Å². The molecule has 32 heavy (non-hydrogen) atoms. The zero-order valence-corrected chi connectivity index (χ0v) is 20.2. The molecule has 4 rings (SSSR count). The first-order chi connectivity index (χ1) is 15.0. The topological polar surface area (TPSA) is 90.7 Å². The summed E-state index contributed by atoms with van der Waals surface area (Å²) in [6.45, 7) is 8.17. The second kappa shape index (κ2) is 8.10. The Balaban J connectivity index is 1.41. The van der Waals surface area contributed by atoms with Crippen molar-refractivity contribution in [1.29, 1.82) is 0 Å². The fourth-order valence-electron chi connectivity index (χ4n) is 4.53. The van der Waals surface area contributed by atoms with E-state index in [9.17, 15) is 13.2 Å². The summed E-state index contributed by atoms with van der Waals surface area (Å²) in [5.41, 5.74) is 3.46. The molecule has 1 amide bonds. The van der Waals surface area contributed by atoms with Crippen LogP contribution in [0.4, 0.5) is 0 Å². The van der Waals surface area contributed by atoms with Gasteiger partial charge in [-0.05, 0) is 40.2 Å². The van der Waals surface area contributed by atoms with Crippen LogP contribution < -0.4 is 9.47 Å². The maximum absolute atomic E-state index is 12.8. The maximum Gasteiger partial charge on any atom is 0.260 e. The van der Waals surface area contributed by atoms with Crippen molar-refractivity contribution < 1.29 is 22.7 Å². The SMILES string of the molecule is Cc1nn([C@H]2CCS(=O)(=O)C2)c(C)c1CN(C)C(=O)COc1cccc2c1OC(C)(C)C2. The lowest BCUT2D eigenvalue weighted by Gasteiger charge is -2.20. The number of carbonyl (C=O) groups is 1. The summed E-state index contributed by atoms with van der Waals surface area (Å²) in [4.78, 5) is 14.4. The van der Waals surface area contributed by atoms with Crippen LogP contribution in [0.3, 0.4) is 0 Å². The number of carbonyl (C=O) groups excluding carboxylic acids is 1. The van der Waals surface area contributed by atoms with Crippen LogP contribution in [0.2, 0.25) is 0 Å². The van der Waals surface area contributed by atoms with Gasteiger partial charge in [0.25, 0.3) is 5.91 Å². The van der Waals surface area contributed by atoms with Crippen LogP contribution in [0, 0.1) is 13.8 Å². The van der Waals surface area contributed by atoms with Crippen molar-refractivity contribution in [2.24, 2.45) is 0 Å². The molecular formula is C23H31N3O5S. The Morgan fingerprint density at radius 1 is 1.34 bits per heavy atom. The number of fused-ring (bicyclic) bond motifs is 1. The predicted octanol–water partition coefficient (Wildman–Crippen LogP) is 2.61. The average Bonchev–Trinajstić information content (AvgIpc) is 3.32. The third-order valence-electron chi connectivity index (χ3n) is 6.26. The van der Waals surface area contributed by atoms with E-state index in [4.69, 9.17) is 9.47 Å². The number of hydrogen-bond donors (Lipinski definition) is 0. The molecule has 2 aliphatic heterocycles. The van der Waals surface area contributed by atoms with Crippen molar-refractivity contribution in [3.05, 3.63) is 40.7 Å². The number of nitrogens with zero attached hydrogens (tertiary/aromatic N) is 3. The van der Waals surface area contributed by atoms with E-state index in [1.807, 2.05) is 50.6 Å². The quantitative estimate of drug-likeness (QED) is 0.657. The molecule has 1 aromatic carbocycles. The van der Waals surface area contributed by atoms with Gasteiger partial charge in [0, 0.05) is 36.8 Å². The highest BCUT2D eigenvalue weighted by atomic mass is 32.2. The Bertz CT molecular complexity index is 1150. The van der Waals surface area contributed by atoms with Gasteiger partial charge >= 0.3 is 0 Å². The van der Waals surface area contributed by atoms with Crippen LogP contribution in [-0.2, 0) is 27.6 Å². The Kier molecular flexibility index (Phi) is 5.73. The molecule has 174 valence electrons. The minimum Gasteiger partial charge on any atom is -0.483 e. The standard InChI is InChI=1S/C23H31N3O5S/c1-15-19(16(2)26(24-15)18-9-10-32(28,29)14-18)12-25(5)21(27)13-30-20-8-6-7-17-11-23(3,4)31-22(17)20/h6-8,18H,9-14H2,1-5H3/t18-/m0/s1. The third kappa shape index (κ3) is 4.48. The fourth-order valence-corrected chi connectivity index (χ4v) is 6.22. The predicted molar refractivity (Wildman–Crippen MR) is 121 cm³/mol. The van der Waals surface area contributed by atoms with Gasteiger partial charge in [0.05, 0.1) is 23.2 Å². The second-order valence-corrected chi connectivity index (χ2v) is 11.7. The molecule has 9 heteroatoms. The Morgan fingerprint density at radius 3 is 2.78 bits per heavy atom. The molecule has 0 radical (unpaired) electrons. The monoisotopic (exact) mass is 461 g/mol. The van der Waals surface area contributed by atoms with Gasteiger partial charge in [-0.25, -0.2) is 8.42 Å². The van der Waals surface area contributed by atoms with Crippen LogP contribution in [0.5, 0.6) is 11.5 Å². The number of likely N-dealkylation sites (N-methyl/N-ethyl adjacent to an activating group) is 1. The number of ether oxygens (including phenoxy) is 2. The maximum atomic E-state index is 12.8. The molecule has 1 aromatic heterocycles. The van der Waals surface area contributed by atoms with Crippen LogP contribution in [0.25, 0.3) is 0 Å². The van der Waals surface area contributed by atoms with Gasteiger partial charge in [0.2, 0.25) is 0 Å². The van der Waals surface area contributed by atoms with Crippen molar-refractivity contribution in [2.45, 2.75) is 58.7 Å². The lowest BCUT2D eigenvalue weighted by Crippen LogP contribution is -2.31. The number of benzene rings is 1. The number of aryl methyl sites for hydroxylation is 1. The summed E-state index contributed by atoms with van der Waals surface area (Å²) in [5.74, 6) is 1.46. The smallest absolute Gasteiger partial charge is 0.260 e. The molecule has 1 fully saturated rings. The lowest BCUT2D eigenvalue weighted by molar-refractivity contribution is -0.132. The third-order valence-corrected chi connectivity index (χ3v) is 8.01. The zero-order valence-electron chi connectivity index (χ0n) is 19.3. The Labute approximate surface area is 189 Å². The van der Waals surface area contributed by atoms with E-state index in [0.717, 1.165) is 28.9 Å². The molecule has 0 saturated carbocycles. The van der Waals surface area contributed by atoms with Gasteiger partial charge in [0.15, 0.2) is 27.9 Å². The number of hydrogen-bond acceptors (Lipinski definition) is 6. The van der Waals surface area contributed by atoms with E-state index in [-0.39, 0.29) is 35.7 Å². The minimum atomic E-state index is -3.00. The number of para-hydroxylation sites is 1. The number of sulfone groups is 1. The molecule has 2 aliphatic rings. The first-order valence-electron chi connectivity index (χ1n) is 10.9. The molecule has 0 spiro atoms. The molecule has 0 bridgehead atoms. The van der Waals surface area contributed by atoms with Gasteiger partial charge in [-0.1, -0.05) is 12.1 Å². The molecule has 0 N–H and O–H groups in total. The normalized spacial score (nSPS) is 20.6. The highest BCUT2D eigenvalue weighted by molar-refractivity contribution is 7.91. The number of rotatable bonds is 6. The van der Waals surface area contributed by atoms with Gasteiger partial charge in [0.1, 0.15) is 5.60 Å². The van der Waals surface area contributed by atoms with Gasteiger partial charge in [-0.3, -0.25) is 9.48 Å². The summed E-state index contributed by atoms with van der Waals surface area (Å²) in [5, 5.41) is 4.58. The van der Waals surface area contributed by atoms with Gasteiger partial charge < -0.3 is 14.4 Å². The van der Waals surface area contributed by atoms with Gasteiger partial charge in [-0.2, -0.15) is 5.10 Å². The molecule has 1 atom stereocenters. The van der Waals surface area contributed by atoms with Crippen molar-refractivity contribution >= 4 is 15.7 Å². The summed E-state index contributed by atoms with van der Waals surface area (Å²) in [6, 6.07) is 5.61. The molecular weight excluding hydrogens is 430 g/mol. The van der Waals surface area contributed by atoms with Gasteiger partial charge in [-0.15, -0.1) is 0 Å². The fraction of sp³-hybridized carbons (Fsp3) is 0.565. The largest absolute Gasteiger partial charge is 0.483 e. The molecule has 0 aliphatic carbocycles. The first kappa shape index (κ1) is 22.6. The highest BCUT2D eigenvalue weighted by Crippen LogP contribution is 2.41. The van der Waals surface area contributed by atoms with E-state index in [2.05, 4.69) is 5.10 Å². The molecule has 8 nitrogen and oxygen atoms in total. The van der Waals surface area contributed by atoms with Crippen LogP contribution in [0.15, 0.2) is 18.2 Å². The molecule has 1 saturated heterocycles. The Hall–Kier alpha value is -2.55. The summed E-state index contributed by atoms with van der Waals surface area (Å²) in [7, 11) is -1.27. The Morgan fingerprint density at radius 2 is 2.09 bits per heavy atom. The minimum absolute atomic E-state index is 0.0934. The van der Waals surface area contributed by atoms with Crippen LogP contribution in [0.1, 0.15) is 48.8 Å². The van der Waals surface area contributed by atoms with Crippen molar-refractivity contribution in [3.63, 3.8) is 0 Å². The molecule has 3 heterocycles. The summed E-state index contributed by atoms with van der Waals surface area (Å²) >= 11 is 0.